The van der Waals surface area contributed by atoms with Crippen molar-refractivity contribution in [2.45, 2.75) is 13.0 Å². The number of aryl methyl sites for hydroxylation is 1. The number of benzene rings is 1. The summed E-state index contributed by atoms with van der Waals surface area (Å²) in [7, 11) is 0. The standard InChI is InChI=1S/C16H16N4/c17-16(18)8-10-20-14-7-2-1-5-12(14)11-15(20)13-6-3-4-9-19-13/h1-7,9,11H,8,10H2,(H3,17,18). The molecule has 4 nitrogen and oxygen atoms in total. The Kier molecular flexibility index (Phi) is 3.21. The maximum absolute atomic E-state index is 7.43. The summed E-state index contributed by atoms with van der Waals surface area (Å²) < 4.78 is 2.18. The first-order chi connectivity index (χ1) is 9.75. The summed E-state index contributed by atoms with van der Waals surface area (Å²) in [5, 5.41) is 8.61. The number of hydrogen-bond acceptors (Lipinski definition) is 2. The zero-order valence-electron chi connectivity index (χ0n) is 11.1. The molecule has 2 aromatic heterocycles. The van der Waals surface area contributed by atoms with E-state index in [9.17, 15) is 0 Å². The first kappa shape index (κ1) is 12.4. The number of para-hydroxylation sites is 1. The molecule has 0 atom stereocenters. The van der Waals surface area contributed by atoms with E-state index < -0.39 is 0 Å². The molecule has 100 valence electrons. The lowest BCUT2D eigenvalue weighted by Crippen LogP contribution is -2.13. The van der Waals surface area contributed by atoms with Gasteiger partial charge in [-0.05, 0) is 24.3 Å². The minimum atomic E-state index is 0.203. The molecule has 0 aliphatic rings. The van der Waals surface area contributed by atoms with E-state index in [1.807, 2.05) is 30.3 Å². The van der Waals surface area contributed by atoms with Gasteiger partial charge < -0.3 is 10.3 Å². The van der Waals surface area contributed by atoms with Crippen LogP contribution >= 0.6 is 0 Å². The summed E-state index contributed by atoms with van der Waals surface area (Å²) in [6.07, 6.45) is 2.33. The fourth-order valence-electron chi connectivity index (χ4n) is 2.41. The van der Waals surface area contributed by atoms with Crippen LogP contribution in [0.15, 0.2) is 54.7 Å². The summed E-state index contributed by atoms with van der Waals surface area (Å²) in [6, 6.07) is 16.3. The Labute approximate surface area is 117 Å². The van der Waals surface area contributed by atoms with Crippen LogP contribution in [-0.4, -0.2) is 15.4 Å². The third-order valence-corrected chi connectivity index (χ3v) is 3.34. The average Bonchev–Trinajstić information content (AvgIpc) is 2.84. The maximum atomic E-state index is 7.43. The van der Waals surface area contributed by atoms with Crippen molar-refractivity contribution in [3.63, 3.8) is 0 Å². The molecule has 3 N–H and O–H groups in total. The molecule has 4 heteroatoms. The number of hydrogen-bond donors (Lipinski definition) is 2. The number of fused-ring (bicyclic) bond motifs is 1. The Morgan fingerprint density at radius 3 is 2.70 bits per heavy atom. The summed E-state index contributed by atoms with van der Waals surface area (Å²) in [5.41, 5.74) is 8.64. The SMILES string of the molecule is N=C(N)CCn1c(-c2ccccn2)cc2ccccc21. The van der Waals surface area contributed by atoms with E-state index in [0.29, 0.717) is 13.0 Å². The van der Waals surface area contributed by atoms with Crippen LogP contribution in [0, 0.1) is 5.41 Å². The fourth-order valence-corrected chi connectivity index (χ4v) is 2.41. The second kappa shape index (κ2) is 5.17. The highest BCUT2D eigenvalue weighted by Crippen LogP contribution is 2.27. The number of pyridine rings is 1. The van der Waals surface area contributed by atoms with Gasteiger partial charge in [0.05, 0.1) is 17.2 Å². The predicted molar refractivity (Wildman–Crippen MR) is 81.7 cm³/mol. The van der Waals surface area contributed by atoms with Gasteiger partial charge in [-0.25, -0.2) is 0 Å². The van der Waals surface area contributed by atoms with Gasteiger partial charge in [0.2, 0.25) is 0 Å². The molecule has 0 saturated heterocycles. The summed E-state index contributed by atoms with van der Waals surface area (Å²) in [4.78, 5) is 4.43. The second-order valence-electron chi connectivity index (χ2n) is 4.73. The topological polar surface area (TPSA) is 67.7 Å². The Hall–Kier alpha value is -2.62. The lowest BCUT2D eigenvalue weighted by atomic mass is 10.2. The average molecular weight is 264 g/mol. The van der Waals surface area contributed by atoms with E-state index in [4.69, 9.17) is 11.1 Å². The van der Waals surface area contributed by atoms with Crippen molar-refractivity contribution < 1.29 is 0 Å². The maximum Gasteiger partial charge on any atom is 0.0923 e. The molecule has 2 heterocycles. The van der Waals surface area contributed by atoms with Crippen LogP contribution < -0.4 is 5.73 Å². The van der Waals surface area contributed by atoms with Crippen LogP contribution in [0.5, 0.6) is 0 Å². The zero-order chi connectivity index (χ0) is 13.9. The molecule has 1 aromatic carbocycles. The molecule has 0 aliphatic carbocycles. The van der Waals surface area contributed by atoms with Crippen LogP contribution in [0.2, 0.25) is 0 Å². The molecule has 0 amide bonds. The smallest absolute Gasteiger partial charge is 0.0923 e. The Bertz CT molecular complexity index is 744. The predicted octanol–water partition coefficient (Wildman–Crippen LogP) is 3.03. The van der Waals surface area contributed by atoms with E-state index in [1.54, 1.807) is 6.20 Å². The van der Waals surface area contributed by atoms with Crippen molar-refractivity contribution in [3.8, 4) is 11.4 Å². The van der Waals surface area contributed by atoms with E-state index in [-0.39, 0.29) is 5.84 Å². The molecule has 0 saturated carbocycles. The number of nitrogens with one attached hydrogen (secondary N) is 1. The number of amidine groups is 1. The number of nitrogens with two attached hydrogens (primary N) is 1. The third-order valence-electron chi connectivity index (χ3n) is 3.34. The summed E-state index contributed by atoms with van der Waals surface area (Å²) in [6.45, 7) is 0.689. The summed E-state index contributed by atoms with van der Waals surface area (Å²) >= 11 is 0. The second-order valence-corrected chi connectivity index (χ2v) is 4.73. The van der Waals surface area contributed by atoms with Crippen LogP contribution in [-0.2, 0) is 6.54 Å². The molecule has 3 aromatic rings. The van der Waals surface area contributed by atoms with Crippen molar-refractivity contribution >= 4 is 16.7 Å². The number of nitrogens with zero attached hydrogens (tertiary/aromatic N) is 2. The quantitative estimate of drug-likeness (QED) is 0.562. The minimum absolute atomic E-state index is 0.203. The van der Waals surface area contributed by atoms with Gasteiger partial charge in [-0.15, -0.1) is 0 Å². The van der Waals surface area contributed by atoms with E-state index in [0.717, 1.165) is 16.9 Å². The van der Waals surface area contributed by atoms with Crippen LogP contribution in [0.25, 0.3) is 22.3 Å². The molecule has 0 spiro atoms. The molecule has 0 unspecified atom stereocenters. The molecule has 20 heavy (non-hydrogen) atoms. The number of aromatic nitrogens is 2. The molecule has 3 rings (SSSR count). The summed E-state index contributed by atoms with van der Waals surface area (Å²) in [5.74, 6) is 0.203. The molecule has 0 fully saturated rings. The molecular weight excluding hydrogens is 248 g/mol. The van der Waals surface area contributed by atoms with Crippen molar-refractivity contribution in [2.75, 3.05) is 0 Å². The molecule has 0 bridgehead atoms. The lowest BCUT2D eigenvalue weighted by Gasteiger charge is -2.09. The van der Waals surface area contributed by atoms with Crippen LogP contribution in [0.1, 0.15) is 6.42 Å². The Morgan fingerprint density at radius 1 is 1.15 bits per heavy atom. The van der Waals surface area contributed by atoms with Crippen molar-refractivity contribution in [2.24, 2.45) is 5.73 Å². The highest BCUT2D eigenvalue weighted by molar-refractivity contribution is 5.86. The van der Waals surface area contributed by atoms with Gasteiger partial charge in [-0.2, -0.15) is 0 Å². The molecular formula is C16H16N4. The highest BCUT2D eigenvalue weighted by atomic mass is 15.0. The van der Waals surface area contributed by atoms with Gasteiger partial charge in [0, 0.05) is 30.1 Å². The van der Waals surface area contributed by atoms with Gasteiger partial charge in [-0.3, -0.25) is 10.4 Å². The Balaban J connectivity index is 2.15. The van der Waals surface area contributed by atoms with Crippen LogP contribution in [0.3, 0.4) is 0 Å². The van der Waals surface area contributed by atoms with Crippen molar-refractivity contribution in [1.82, 2.24) is 9.55 Å². The largest absolute Gasteiger partial charge is 0.388 e. The first-order valence-electron chi connectivity index (χ1n) is 6.58. The van der Waals surface area contributed by atoms with Crippen molar-refractivity contribution in [1.29, 1.82) is 5.41 Å². The van der Waals surface area contributed by atoms with Gasteiger partial charge in [0.25, 0.3) is 0 Å². The van der Waals surface area contributed by atoms with E-state index >= 15 is 0 Å². The highest BCUT2D eigenvalue weighted by Gasteiger charge is 2.11. The zero-order valence-corrected chi connectivity index (χ0v) is 11.1. The van der Waals surface area contributed by atoms with Gasteiger partial charge in [0.1, 0.15) is 0 Å². The fraction of sp³-hybridized carbons (Fsp3) is 0.125. The van der Waals surface area contributed by atoms with E-state index in [1.165, 1.54) is 5.39 Å². The third kappa shape index (κ3) is 2.28. The van der Waals surface area contributed by atoms with Gasteiger partial charge >= 0.3 is 0 Å². The van der Waals surface area contributed by atoms with Crippen molar-refractivity contribution in [3.05, 3.63) is 54.7 Å². The van der Waals surface area contributed by atoms with E-state index in [2.05, 4.69) is 27.8 Å². The minimum Gasteiger partial charge on any atom is -0.388 e. The Morgan fingerprint density at radius 2 is 1.95 bits per heavy atom. The molecule has 0 aliphatic heterocycles. The van der Waals surface area contributed by atoms with Gasteiger partial charge in [-0.1, -0.05) is 24.3 Å². The lowest BCUT2D eigenvalue weighted by molar-refractivity contribution is 0.755. The van der Waals surface area contributed by atoms with Gasteiger partial charge in [0.15, 0.2) is 0 Å². The normalized spacial score (nSPS) is 10.8. The first-order valence-corrected chi connectivity index (χ1v) is 6.58. The number of rotatable bonds is 4. The monoisotopic (exact) mass is 264 g/mol. The van der Waals surface area contributed by atoms with Crippen LogP contribution in [0.4, 0.5) is 0 Å². The molecule has 0 radical (unpaired) electrons.